The third-order valence-electron chi connectivity index (χ3n) is 5.15. The molecule has 28 heavy (non-hydrogen) atoms. The van der Waals surface area contributed by atoms with Gasteiger partial charge in [-0.25, -0.2) is 0 Å². The summed E-state index contributed by atoms with van der Waals surface area (Å²) in [5, 5.41) is 3.10. The first-order chi connectivity index (χ1) is 13.8. The number of anilines is 2. The van der Waals surface area contributed by atoms with Crippen LogP contribution in [0.15, 0.2) is 84.9 Å². The van der Waals surface area contributed by atoms with Crippen LogP contribution < -0.4 is 10.2 Å². The fourth-order valence-electron chi connectivity index (χ4n) is 3.66. The predicted octanol–water partition coefficient (Wildman–Crippen LogP) is 4.11. The van der Waals surface area contributed by atoms with E-state index in [2.05, 4.69) is 51.5 Å². The van der Waals surface area contributed by atoms with Crippen LogP contribution in [0.25, 0.3) is 11.1 Å². The lowest BCUT2D eigenvalue weighted by molar-refractivity contribution is -0.117. The summed E-state index contributed by atoms with van der Waals surface area (Å²) >= 11 is 0. The summed E-state index contributed by atoms with van der Waals surface area (Å²) in [7, 11) is 0. The Hall–Kier alpha value is -3.11. The van der Waals surface area contributed by atoms with Crippen molar-refractivity contribution < 1.29 is 4.79 Å². The van der Waals surface area contributed by atoms with Crippen LogP contribution in [0.4, 0.5) is 11.4 Å². The standard InChI is InChI=1S/C24H25N3O/c28-24(19-26-15-17-27(18-16-26)21-11-5-2-6-12-21)25-23-14-8-7-13-22(23)20-9-3-1-4-10-20/h1-14H,15-19H2,(H,25,28). The molecule has 0 spiro atoms. The average molecular weight is 371 g/mol. The van der Waals surface area contributed by atoms with E-state index >= 15 is 0 Å². The molecule has 3 aromatic carbocycles. The van der Waals surface area contributed by atoms with Gasteiger partial charge < -0.3 is 10.2 Å². The van der Waals surface area contributed by atoms with Crippen LogP contribution in [0.1, 0.15) is 0 Å². The van der Waals surface area contributed by atoms with Crippen LogP contribution >= 0.6 is 0 Å². The second-order valence-electron chi connectivity index (χ2n) is 7.06. The zero-order chi connectivity index (χ0) is 19.2. The number of hydrogen-bond acceptors (Lipinski definition) is 3. The van der Waals surface area contributed by atoms with Gasteiger partial charge in [0, 0.05) is 43.1 Å². The Balaban J connectivity index is 1.35. The van der Waals surface area contributed by atoms with Gasteiger partial charge in [0.05, 0.1) is 6.54 Å². The Labute approximate surface area is 166 Å². The number of nitrogens with one attached hydrogen (secondary N) is 1. The van der Waals surface area contributed by atoms with Gasteiger partial charge in [-0.3, -0.25) is 9.69 Å². The predicted molar refractivity (Wildman–Crippen MR) is 116 cm³/mol. The molecule has 0 saturated carbocycles. The van der Waals surface area contributed by atoms with Crippen molar-refractivity contribution in [2.45, 2.75) is 0 Å². The fourth-order valence-corrected chi connectivity index (χ4v) is 3.66. The molecule has 1 aliphatic rings. The van der Waals surface area contributed by atoms with Crippen LogP contribution in [0, 0.1) is 0 Å². The van der Waals surface area contributed by atoms with Gasteiger partial charge in [0.25, 0.3) is 0 Å². The van der Waals surface area contributed by atoms with E-state index in [0.717, 1.165) is 43.0 Å². The highest BCUT2D eigenvalue weighted by Gasteiger charge is 2.19. The van der Waals surface area contributed by atoms with E-state index in [1.165, 1.54) is 5.69 Å². The molecule has 0 radical (unpaired) electrons. The van der Waals surface area contributed by atoms with Gasteiger partial charge >= 0.3 is 0 Å². The monoisotopic (exact) mass is 371 g/mol. The topological polar surface area (TPSA) is 35.6 Å². The average Bonchev–Trinajstić information content (AvgIpc) is 2.76. The third-order valence-corrected chi connectivity index (χ3v) is 5.15. The minimum absolute atomic E-state index is 0.0385. The van der Waals surface area contributed by atoms with Gasteiger partial charge in [0.2, 0.25) is 5.91 Å². The molecule has 0 bridgehead atoms. The molecule has 4 rings (SSSR count). The second-order valence-corrected chi connectivity index (χ2v) is 7.06. The van der Waals surface area contributed by atoms with Crippen molar-refractivity contribution in [3.8, 4) is 11.1 Å². The molecule has 0 atom stereocenters. The molecule has 0 aromatic heterocycles. The molecule has 0 unspecified atom stereocenters. The maximum absolute atomic E-state index is 12.6. The summed E-state index contributed by atoms with van der Waals surface area (Å²) < 4.78 is 0. The third kappa shape index (κ3) is 4.41. The van der Waals surface area contributed by atoms with Crippen molar-refractivity contribution >= 4 is 17.3 Å². The first-order valence-corrected chi connectivity index (χ1v) is 9.76. The Morgan fingerprint density at radius 1 is 0.750 bits per heavy atom. The quantitative estimate of drug-likeness (QED) is 0.733. The fraction of sp³-hybridized carbons (Fsp3) is 0.208. The molecular weight excluding hydrogens is 346 g/mol. The SMILES string of the molecule is O=C(CN1CCN(c2ccccc2)CC1)Nc1ccccc1-c1ccccc1. The van der Waals surface area contributed by atoms with Crippen LogP contribution in [-0.4, -0.2) is 43.5 Å². The number of carbonyl (C=O) groups is 1. The van der Waals surface area contributed by atoms with Gasteiger partial charge in [-0.2, -0.15) is 0 Å². The maximum Gasteiger partial charge on any atom is 0.238 e. The van der Waals surface area contributed by atoms with E-state index in [-0.39, 0.29) is 5.91 Å². The van der Waals surface area contributed by atoms with Gasteiger partial charge in [-0.15, -0.1) is 0 Å². The van der Waals surface area contributed by atoms with Crippen molar-refractivity contribution in [1.82, 2.24) is 4.90 Å². The molecule has 4 heteroatoms. The number of hydrogen-bond donors (Lipinski definition) is 1. The molecule has 3 aromatic rings. The lowest BCUT2D eigenvalue weighted by Gasteiger charge is -2.35. The van der Waals surface area contributed by atoms with Crippen molar-refractivity contribution in [2.75, 3.05) is 42.9 Å². The van der Waals surface area contributed by atoms with Crippen LogP contribution in [0.5, 0.6) is 0 Å². The molecule has 1 saturated heterocycles. The van der Waals surface area contributed by atoms with E-state index in [9.17, 15) is 4.79 Å². The summed E-state index contributed by atoms with van der Waals surface area (Å²) in [4.78, 5) is 17.2. The molecular formula is C24H25N3O. The van der Waals surface area contributed by atoms with Crippen molar-refractivity contribution in [3.05, 3.63) is 84.9 Å². The lowest BCUT2D eigenvalue weighted by atomic mass is 10.0. The number of rotatable bonds is 5. The number of nitrogens with zero attached hydrogens (tertiary/aromatic N) is 2. The Bertz CT molecular complexity index is 903. The van der Waals surface area contributed by atoms with E-state index < -0.39 is 0 Å². The second kappa shape index (κ2) is 8.72. The summed E-state index contributed by atoms with van der Waals surface area (Å²) in [6.45, 7) is 4.09. The molecule has 142 valence electrons. The molecule has 1 N–H and O–H groups in total. The van der Waals surface area contributed by atoms with Crippen LogP contribution in [-0.2, 0) is 4.79 Å². The van der Waals surface area contributed by atoms with Gasteiger partial charge in [-0.05, 0) is 23.8 Å². The molecule has 1 amide bonds. The molecule has 4 nitrogen and oxygen atoms in total. The Morgan fingerprint density at radius 2 is 1.36 bits per heavy atom. The summed E-state index contributed by atoms with van der Waals surface area (Å²) in [5.74, 6) is 0.0385. The number of para-hydroxylation sites is 2. The van der Waals surface area contributed by atoms with E-state index in [4.69, 9.17) is 0 Å². The highest BCUT2D eigenvalue weighted by Crippen LogP contribution is 2.27. The minimum Gasteiger partial charge on any atom is -0.369 e. The first-order valence-electron chi connectivity index (χ1n) is 9.76. The van der Waals surface area contributed by atoms with E-state index in [1.807, 2.05) is 48.5 Å². The highest BCUT2D eigenvalue weighted by molar-refractivity contribution is 5.96. The minimum atomic E-state index is 0.0385. The van der Waals surface area contributed by atoms with Crippen LogP contribution in [0.2, 0.25) is 0 Å². The largest absolute Gasteiger partial charge is 0.369 e. The smallest absolute Gasteiger partial charge is 0.238 e. The molecule has 1 fully saturated rings. The normalized spacial score (nSPS) is 14.6. The number of benzene rings is 3. The van der Waals surface area contributed by atoms with Gasteiger partial charge in [0.1, 0.15) is 0 Å². The maximum atomic E-state index is 12.6. The number of piperazine rings is 1. The van der Waals surface area contributed by atoms with Gasteiger partial charge in [0.15, 0.2) is 0 Å². The zero-order valence-electron chi connectivity index (χ0n) is 15.9. The highest BCUT2D eigenvalue weighted by atomic mass is 16.2. The number of amides is 1. The lowest BCUT2D eigenvalue weighted by Crippen LogP contribution is -2.48. The van der Waals surface area contributed by atoms with Crippen molar-refractivity contribution in [1.29, 1.82) is 0 Å². The summed E-state index contributed by atoms with van der Waals surface area (Å²) in [6.07, 6.45) is 0. The summed E-state index contributed by atoms with van der Waals surface area (Å²) in [6, 6.07) is 28.6. The Morgan fingerprint density at radius 3 is 2.07 bits per heavy atom. The number of carbonyl (C=O) groups excluding carboxylic acids is 1. The molecule has 1 heterocycles. The Kier molecular flexibility index (Phi) is 5.69. The molecule has 1 aliphatic heterocycles. The van der Waals surface area contributed by atoms with E-state index in [0.29, 0.717) is 6.54 Å². The summed E-state index contributed by atoms with van der Waals surface area (Å²) in [5.41, 5.74) is 4.27. The van der Waals surface area contributed by atoms with Gasteiger partial charge in [-0.1, -0.05) is 66.7 Å². The van der Waals surface area contributed by atoms with Crippen molar-refractivity contribution in [3.63, 3.8) is 0 Å². The zero-order valence-corrected chi connectivity index (χ0v) is 15.9. The molecule has 0 aliphatic carbocycles. The van der Waals surface area contributed by atoms with Crippen molar-refractivity contribution in [2.24, 2.45) is 0 Å². The first kappa shape index (κ1) is 18.3. The van der Waals surface area contributed by atoms with E-state index in [1.54, 1.807) is 0 Å². The van der Waals surface area contributed by atoms with Crippen LogP contribution in [0.3, 0.4) is 0 Å².